The van der Waals surface area contributed by atoms with Gasteiger partial charge in [-0.2, -0.15) is 0 Å². The maximum absolute atomic E-state index is 13.1. The van der Waals surface area contributed by atoms with Crippen molar-refractivity contribution < 1.29 is 6.22 Å². The summed E-state index contributed by atoms with van der Waals surface area (Å²) in [5.41, 5.74) is 3.77. The summed E-state index contributed by atoms with van der Waals surface area (Å²) < 4.78 is 0. The molecule has 1 fully saturated rings. The number of aromatic nitrogens is 2. The number of nitrogens with one attached hydrogen (secondary N) is 1. The minimum atomic E-state index is -0.115. The predicted molar refractivity (Wildman–Crippen MR) is 118 cm³/mol. The summed E-state index contributed by atoms with van der Waals surface area (Å²) in [6.45, 7) is 8.12. The number of piperazine rings is 1. The average Bonchev–Trinajstić information content (AvgIpc) is 2.80. The van der Waals surface area contributed by atoms with Crippen LogP contribution >= 0.6 is 0 Å². The van der Waals surface area contributed by atoms with Crippen molar-refractivity contribution in [2.45, 2.75) is 13.0 Å². The Kier molecular flexibility index (Phi) is 5.49. The lowest BCUT2D eigenvalue weighted by atomic mass is 10.0. The van der Waals surface area contributed by atoms with Gasteiger partial charge < -0.3 is 10.2 Å². The van der Waals surface area contributed by atoms with E-state index in [4.69, 9.17) is 4.98 Å². The van der Waals surface area contributed by atoms with Crippen molar-refractivity contribution in [1.29, 1.82) is 0 Å². The highest BCUT2D eigenvalue weighted by atomic mass is 16.1. The van der Waals surface area contributed by atoms with Crippen LogP contribution in [0.25, 0.3) is 6.08 Å². The van der Waals surface area contributed by atoms with Gasteiger partial charge in [-0.1, -0.05) is 49.1 Å². The summed E-state index contributed by atoms with van der Waals surface area (Å²) in [5.74, 6) is 0.707. The van der Waals surface area contributed by atoms with Gasteiger partial charge in [0.05, 0.1) is 0 Å². The first-order valence-corrected chi connectivity index (χ1v) is 9.80. The SMILES string of the molecule is C=Cc1cnc(C)c(C(=O)c2cccc(N3CCNC(c4ccccc4)C3)n2)c1.[HH]. The highest BCUT2D eigenvalue weighted by Crippen LogP contribution is 2.22. The number of hydrogen-bond donors (Lipinski definition) is 1. The van der Waals surface area contributed by atoms with Crippen LogP contribution in [0.5, 0.6) is 0 Å². The van der Waals surface area contributed by atoms with Crippen LogP contribution in [-0.2, 0) is 0 Å². The van der Waals surface area contributed by atoms with Crippen LogP contribution in [-0.4, -0.2) is 35.4 Å². The number of hydrogen-bond acceptors (Lipinski definition) is 5. The topological polar surface area (TPSA) is 58.1 Å². The fraction of sp³-hybridized carbons (Fsp3) is 0.208. The number of rotatable bonds is 5. The fourth-order valence-corrected chi connectivity index (χ4v) is 3.62. The highest BCUT2D eigenvalue weighted by Gasteiger charge is 2.23. The molecule has 1 saturated heterocycles. The molecule has 0 aliphatic carbocycles. The van der Waals surface area contributed by atoms with E-state index < -0.39 is 0 Å². The number of pyridine rings is 2. The molecular weight excluding hydrogens is 360 g/mol. The summed E-state index contributed by atoms with van der Waals surface area (Å²) in [4.78, 5) is 24.3. The minimum absolute atomic E-state index is 0. The molecule has 5 heteroatoms. The second-order valence-corrected chi connectivity index (χ2v) is 7.18. The van der Waals surface area contributed by atoms with E-state index in [1.165, 1.54) is 5.56 Å². The van der Waals surface area contributed by atoms with E-state index in [0.29, 0.717) is 17.0 Å². The number of ketones is 1. The van der Waals surface area contributed by atoms with Crippen molar-refractivity contribution in [1.82, 2.24) is 15.3 Å². The summed E-state index contributed by atoms with van der Waals surface area (Å²) >= 11 is 0. The zero-order valence-corrected chi connectivity index (χ0v) is 16.5. The first-order valence-electron chi connectivity index (χ1n) is 9.80. The van der Waals surface area contributed by atoms with E-state index >= 15 is 0 Å². The summed E-state index contributed by atoms with van der Waals surface area (Å²) in [7, 11) is 0. The van der Waals surface area contributed by atoms with Crippen LogP contribution in [0.3, 0.4) is 0 Å². The van der Waals surface area contributed by atoms with E-state index in [2.05, 4.69) is 46.0 Å². The Hall–Kier alpha value is -3.31. The van der Waals surface area contributed by atoms with Crippen molar-refractivity contribution in [2.75, 3.05) is 24.5 Å². The Labute approximate surface area is 172 Å². The third kappa shape index (κ3) is 4.10. The molecule has 1 unspecified atom stereocenters. The molecule has 4 rings (SSSR count). The second-order valence-electron chi connectivity index (χ2n) is 7.18. The van der Waals surface area contributed by atoms with Crippen molar-refractivity contribution >= 4 is 17.7 Å². The van der Waals surface area contributed by atoms with Gasteiger partial charge in [0.2, 0.25) is 5.78 Å². The number of aryl methyl sites for hydroxylation is 1. The molecule has 1 aliphatic rings. The summed E-state index contributed by atoms with van der Waals surface area (Å²) in [5, 5.41) is 3.56. The van der Waals surface area contributed by atoms with Crippen LogP contribution in [0.15, 0.2) is 67.4 Å². The van der Waals surface area contributed by atoms with E-state index in [1.807, 2.05) is 31.2 Å². The van der Waals surface area contributed by atoms with E-state index in [1.54, 1.807) is 18.3 Å². The second kappa shape index (κ2) is 8.37. The summed E-state index contributed by atoms with van der Waals surface area (Å²) in [6.07, 6.45) is 3.41. The third-order valence-electron chi connectivity index (χ3n) is 5.26. The maximum atomic E-state index is 13.1. The molecule has 3 aromatic rings. The largest absolute Gasteiger partial charge is 0.353 e. The molecule has 2 aromatic heterocycles. The molecule has 1 aromatic carbocycles. The molecule has 1 N–H and O–H groups in total. The molecule has 29 heavy (non-hydrogen) atoms. The van der Waals surface area contributed by atoms with Crippen LogP contribution in [0.2, 0.25) is 0 Å². The van der Waals surface area contributed by atoms with Crippen LogP contribution in [0.1, 0.15) is 40.3 Å². The average molecular weight is 386 g/mol. The van der Waals surface area contributed by atoms with Crippen LogP contribution in [0, 0.1) is 6.92 Å². The lowest BCUT2D eigenvalue weighted by molar-refractivity contribution is 0.103. The Morgan fingerprint density at radius 3 is 2.86 bits per heavy atom. The van der Waals surface area contributed by atoms with E-state index in [-0.39, 0.29) is 13.3 Å². The Bertz CT molecular complexity index is 1040. The fourth-order valence-electron chi connectivity index (χ4n) is 3.62. The molecule has 0 amide bonds. The molecule has 0 spiro atoms. The van der Waals surface area contributed by atoms with Crippen molar-refractivity contribution in [3.05, 3.63) is 95.5 Å². The maximum Gasteiger partial charge on any atom is 0.213 e. The third-order valence-corrected chi connectivity index (χ3v) is 5.26. The quantitative estimate of drug-likeness (QED) is 0.670. The molecule has 5 nitrogen and oxygen atoms in total. The van der Waals surface area contributed by atoms with Crippen LogP contribution < -0.4 is 10.2 Å². The molecule has 0 radical (unpaired) electrons. The molecule has 148 valence electrons. The molecule has 0 bridgehead atoms. The van der Waals surface area contributed by atoms with Gasteiger partial charge in [-0.3, -0.25) is 9.78 Å². The molecular formula is C24H26N4O. The Morgan fingerprint density at radius 1 is 1.24 bits per heavy atom. The monoisotopic (exact) mass is 386 g/mol. The van der Waals surface area contributed by atoms with Gasteiger partial charge in [-0.05, 0) is 36.2 Å². The van der Waals surface area contributed by atoms with Gasteiger partial charge in [0.15, 0.2) is 0 Å². The van der Waals surface area contributed by atoms with E-state index in [9.17, 15) is 4.79 Å². The highest BCUT2D eigenvalue weighted by molar-refractivity contribution is 6.08. The molecule has 0 saturated carbocycles. The van der Waals surface area contributed by atoms with Gasteiger partial charge in [-0.15, -0.1) is 0 Å². The number of carbonyl (C=O) groups excluding carboxylic acids is 1. The Balaban J connectivity index is 0.00000256. The zero-order valence-electron chi connectivity index (χ0n) is 16.5. The Morgan fingerprint density at radius 2 is 2.07 bits per heavy atom. The normalized spacial score (nSPS) is 16.4. The van der Waals surface area contributed by atoms with Gasteiger partial charge in [0.25, 0.3) is 0 Å². The first-order chi connectivity index (χ1) is 14.2. The van der Waals surface area contributed by atoms with Gasteiger partial charge in [-0.25, -0.2) is 4.98 Å². The number of anilines is 1. The van der Waals surface area contributed by atoms with Crippen molar-refractivity contribution in [3.8, 4) is 0 Å². The lowest BCUT2D eigenvalue weighted by Gasteiger charge is -2.35. The molecule has 1 atom stereocenters. The van der Waals surface area contributed by atoms with Crippen molar-refractivity contribution in [2.24, 2.45) is 0 Å². The summed E-state index contributed by atoms with van der Waals surface area (Å²) in [6, 6.07) is 18.1. The van der Waals surface area contributed by atoms with E-state index in [0.717, 1.165) is 31.0 Å². The van der Waals surface area contributed by atoms with Gasteiger partial charge in [0.1, 0.15) is 11.5 Å². The smallest absolute Gasteiger partial charge is 0.213 e. The predicted octanol–water partition coefficient (Wildman–Crippen LogP) is 4.06. The molecule has 1 aliphatic heterocycles. The number of nitrogens with zero attached hydrogens (tertiary/aromatic N) is 3. The minimum Gasteiger partial charge on any atom is -0.353 e. The molecule has 3 heterocycles. The lowest BCUT2D eigenvalue weighted by Crippen LogP contribution is -2.46. The number of benzene rings is 1. The standard InChI is InChI=1S/C24H24N4O.H2/c1-3-18-14-20(17(2)26-15-18)24(29)21-10-7-11-23(27-21)28-13-12-25-22(16-28)19-8-5-4-6-9-19;/h3-11,14-15,22,25H,1,12-13,16H2,2H3;1H. The zero-order chi connectivity index (χ0) is 20.2. The number of carbonyl (C=O) groups is 1. The van der Waals surface area contributed by atoms with Gasteiger partial charge in [0, 0.05) is 44.6 Å². The van der Waals surface area contributed by atoms with Crippen molar-refractivity contribution in [3.63, 3.8) is 0 Å². The first kappa shape index (κ1) is 19.0. The van der Waals surface area contributed by atoms with Gasteiger partial charge >= 0.3 is 0 Å². The van der Waals surface area contributed by atoms with Crippen LogP contribution in [0.4, 0.5) is 5.82 Å².